The highest BCUT2D eigenvalue weighted by atomic mass is 16.5. The van der Waals surface area contributed by atoms with Crippen molar-refractivity contribution in [1.82, 2.24) is 28.6 Å². The zero-order valence-corrected chi connectivity index (χ0v) is 14.9. The van der Waals surface area contributed by atoms with E-state index in [2.05, 4.69) is 9.97 Å². The van der Waals surface area contributed by atoms with Crippen molar-refractivity contribution < 1.29 is 9.53 Å². The summed E-state index contributed by atoms with van der Waals surface area (Å²) < 4.78 is 9.51. The van der Waals surface area contributed by atoms with Crippen LogP contribution in [-0.2, 0) is 25.4 Å². The van der Waals surface area contributed by atoms with Crippen LogP contribution in [0, 0.1) is 0 Å². The second-order valence-corrected chi connectivity index (χ2v) is 6.48. The van der Waals surface area contributed by atoms with E-state index in [1.54, 1.807) is 30.4 Å². The van der Waals surface area contributed by atoms with Crippen LogP contribution in [0.3, 0.4) is 0 Å². The zero-order chi connectivity index (χ0) is 19.1. The molecule has 140 valence electrons. The van der Waals surface area contributed by atoms with E-state index in [0.29, 0.717) is 18.8 Å². The molecule has 0 unspecified atom stereocenters. The Labute approximate surface area is 153 Å². The Hall–Kier alpha value is -3.43. The number of hydrogen-bond donors (Lipinski definition) is 0. The normalized spacial score (nSPS) is 14.4. The molecule has 10 heteroatoms. The SMILES string of the molecule is Cn1c(=O)c2c(ncn2CC(=O)N2CC(Oc3cccnc3)C2)n(C)c1=O. The van der Waals surface area contributed by atoms with Gasteiger partial charge in [0.1, 0.15) is 18.4 Å². The van der Waals surface area contributed by atoms with E-state index in [1.165, 1.54) is 22.5 Å². The van der Waals surface area contributed by atoms with Crippen LogP contribution in [0.2, 0.25) is 0 Å². The highest BCUT2D eigenvalue weighted by molar-refractivity contribution is 5.79. The lowest BCUT2D eigenvalue weighted by Crippen LogP contribution is -2.56. The predicted molar refractivity (Wildman–Crippen MR) is 95.4 cm³/mol. The van der Waals surface area contributed by atoms with Gasteiger partial charge in [0.05, 0.1) is 25.6 Å². The van der Waals surface area contributed by atoms with Crippen molar-refractivity contribution in [3.05, 3.63) is 51.7 Å². The van der Waals surface area contributed by atoms with E-state index < -0.39 is 11.2 Å². The van der Waals surface area contributed by atoms with Crippen LogP contribution in [0.4, 0.5) is 0 Å². The number of rotatable bonds is 4. The second kappa shape index (κ2) is 6.38. The number of carbonyl (C=O) groups excluding carboxylic acids is 1. The summed E-state index contributed by atoms with van der Waals surface area (Å²) in [6.45, 7) is 0.914. The molecule has 0 atom stereocenters. The van der Waals surface area contributed by atoms with E-state index in [1.807, 2.05) is 6.07 Å². The van der Waals surface area contributed by atoms with Gasteiger partial charge in [-0.3, -0.25) is 23.7 Å². The summed E-state index contributed by atoms with van der Waals surface area (Å²) in [5.74, 6) is 0.524. The minimum absolute atomic E-state index is 0.0242. The monoisotopic (exact) mass is 370 g/mol. The molecule has 3 aromatic heterocycles. The predicted octanol–water partition coefficient (Wildman–Crippen LogP) is -0.881. The van der Waals surface area contributed by atoms with E-state index in [4.69, 9.17) is 4.74 Å². The number of aromatic nitrogens is 5. The van der Waals surface area contributed by atoms with Crippen molar-refractivity contribution in [2.24, 2.45) is 14.1 Å². The number of likely N-dealkylation sites (tertiary alicyclic amines) is 1. The van der Waals surface area contributed by atoms with Gasteiger partial charge in [-0.05, 0) is 12.1 Å². The number of amides is 1. The molecule has 1 aliphatic heterocycles. The minimum atomic E-state index is -0.472. The molecular weight excluding hydrogens is 352 g/mol. The molecule has 4 heterocycles. The maximum Gasteiger partial charge on any atom is 0.332 e. The number of pyridine rings is 1. The first-order valence-corrected chi connectivity index (χ1v) is 8.41. The molecule has 0 spiro atoms. The first-order chi connectivity index (χ1) is 13.0. The number of imidazole rings is 1. The minimum Gasteiger partial charge on any atom is -0.485 e. The highest BCUT2D eigenvalue weighted by Gasteiger charge is 2.32. The Morgan fingerprint density at radius 3 is 2.74 bits per heavy atom. The van der Waals surface area contributed by atoms with Gasteiger partial charge in [-0.1, -0.05) is 0 Å². The lowest BCUT2D eigenvalue weighted by atomic mass is 10.1. The lowest BCUT2D eigenvalue weighted by molar-refractivity contribution is -0.140. The number of nitrogens with zero attached hydrogens (tertiary/aromatic N) is 6. The fourth-order valence-electron chi connectivity index (χ4n) is 3.09. The largest absolute Gasteiger partial charge is 0.485 e. The Kier molecular flexibility index (Phi) is 4.02. The third kappa shape index (κ3) is 2.88. The molecule has 1 saturated heterocycles. The Morgan fingerprint density at radius 2 is 2.04 bits per heavy atom. The zero-order valence-electron chi connectivity index (χ0n) is 14.9. The topological polar surface area (TPSA) is 104 Å². The Bertz CT molecular complexity index is 1120. The third-order valence-corrected chi connectivity index (χ3v) is 4.66. The lowest BCUT2D eigenvalue weighted by Gasteiger charge is -2.38. The van der Waals surface area contributed by atoms with E-state index in [-0.39, 0.29) is 29.7 Å². The van der Waals surface area contributed by atoms with Crippen molar-refractivity contribution >= 4 is 17.1 Å². The van der Waals surface area contributed by atoms with Crippen molar-refractivity contribution in [2.75, 3.05) is 13.1 Å². The Balaban J connectivity index is 1.47. The summed E-state index contributed by atoms with van der Waals surface area (Å²) in [4.78, 5) is 46.7. The number of hydrogen-bond acceptors (Lipinski definition) is 6. The van der Waals surface area contributed by atoms with Crippen LogP contribution in [-0.4, -0.2) is 53.7 Å². The van der Waals surface area contributed by atoms with Crippen LogP contribution in [0.1, 0.15) is 0 Å². The molecule has 3 aromatic rings. The quantitative estimate of drug-likeness (QED) is 0.591. The summed E-state index contributed by atoms with van der Waals surface area (Å²) in [6.07, 6.45) is 4.62. The van der Waals surface area contributed by atoms with Gasteiger partial charge in [0.2, 0.25) is 5.91 Å². The van der Waals surface area contributed by atoms with E-state index >= 15 is 0 Å². The van der Waals surface area contributed by atoms with E-state index in [0.717, 1.165) is 4.57 Å². The summed E-state index contributed by atoms with van der Waals surface area (Å²) in [7, 11) is 2.94. The molecule has 10 nitrogen and oxygen atoms in total. The number of fused-ring (bicyclic) bond motifs is 1. The number of ether oxygens (including phenoxy) is 1. The van der Waals surface area contributed by atoms with Gasteiger partial charge in [-0.15, -0.1) is 0 Å². The summed E-state index contributed by atoms with van der Waals surface area (Å²) >= 11 is 0. The van der Waals surface area contributed by atoms with Crippen LogP contribution in [0.25, 0.3) is 11.2 Å². The highest BCUT2D eigenvalue weighted by Crippen LogP contribution is 2.17. The average Bonchev–Trinajstić information content (AvgIpc) is 3.05. The fourth-order valence-corrected chi connectivity index (χ4v) is 3.09. The average molecular weight is 370 g/mol. The molecule has 1 aliphatic rings. The molecule has 0 aliphatic carbocycles. The van der Waals surface area contributed by atoms with Gasteiger partial charge in [0.15, 0.2) is 11.2 Å². The fraction of sp³-hybridized carbons (Fsp3) is 0.353. The van der Waals surface area contributed by atoms with Gasteiger partial charge in [-0.25, -0.2) is 9.78 Å². The molecule has 1 amide bonds. The second-order valence-electron chi connectivity index (χ2n) is 6.48. The Morgan fingerprint density at radius 1 is 1.26 bits per heavy atom. The van der Waals surface area contributed by atoms with Gasteiger partial charge in [0, 0.05) is 20.3 Å². The molecule has 4 rings (SSSR count). The molecule has 1 fully saturated rings. The summed E-state index contributed by atoms with van der Waals surface area (Å²) in [5.41, 5.74) is -0.434. The first-order valence-electron chi connectivity index (χ1n) is 8.41. The van der Waals surface area contributed by atoms with Crippen LogP contribution in [0.5, 0.6) is 5.75 Å². The standard InChI is InChI=1S/C17H18N6O4/c1-20-15-14(16(25)21(2)17(20)26)23(10-19-15)9-13(24)22-7-12(8-22)27-11-4-3-5-18-6-11/h3-6,10,12H,7-9H2,1-2H3. The van der Waals surface area contributed by atoms with Crippen molar-refractivity contribution in [2.45, 2.75) is 12.6 Å². The maximum absolute atomic E-state index is 12.5. The molecule has 0 radical (unpaired) electrons. The number of carbonyl (C=O) groups is 1. The smallest absolute Gasteiger partial charge is 0.332 e. The molecule has 27 heavy (non-hydrogen) atoms. The van der Waals surface area contributed by atoms with Crippen molar-refractivity contribution in [3.63, 3.8) is 0 Å². The molecule has 0 bridgehead atoms. The molecule has 0 saturated carbocycles. The van der Waals surface area contributed by atoms with Gasteiger partial charge in [0.25, 0.3) is 5.56 Å². The van der Waals surface area contributed by atoms with Gasteiger partial charge < -0.3 is 14.2 Å². The maximum atomic E-state index is 12.5. The molecule has 0 aromatic carbocycles. The summed E-state index contributed by atoms with van der Waals surface area (Å²) in [6, 6.07) is 3.60. The number of aryl methyl sites for hydroxylation is 1. The molecular formula is C17H18N6O4. The van der Waals surface area contributed by atoms with Crippen molar-refractivity contribution in [3.8, 4) is 5.75 Å². The van der Waals surface area contributed by atoms with Crippen LogP contribution in [0.15, 0.2) is 40.4 Å². The van der Waals surface area contributed by atoms with Gasteiger partial charge in [-0.2, -0.15) is 0 Å². The summed E-state index contributed by atoms with van der Waals surface area (Å²) in [5, 5.41) is 0. The van der Waals surface area contributed by atoms with Crippen molar-refractivity contribution in [1.29, 1.82) is 0 Å². The van der Waals surface area contributed by atoms with E-state index in [9.17, 15) is 14.4 Å². The third-order valence-electron chi connectivity index (χ3n) is 4.66. The van der Waals surface area contributed by atoms with Crippen LogP contribution >= 0.6 is 0 Å². The first kappa shape index (κ1) is 17.0. The van der Waals surface area contributed by atoms with Crippen LogP contribution < -0.4 is 16.0 Å². The molecule has 0 N–H and O–H groups in total. The van der Waals surface area contributed by atoms with Gasteiger partial charge >= 0.3 is 5.69 Å².